The van der Waals surface area contributed by atoms with E-state index in [0.29, 0.717) is 5.56 Å². The van der Waals surface area contributed by atoms with Crippen LogP contribution in [0.1, 0.15) is 159 Å². The zero-order valence-electron chi connectivity index (χ0n) is 82.7. The number of rotatable bonds is 65. The largest absolute Gasteiger partial charge is 0.508 e. The molecular formula is C87H142N24O34S. The molecule has 1 heterocycles. The normalized spacial score (nSPS) is 17.0. The lowest BCUT2D eigenvalue weighted by atomic mass is 10.00. The molecule has 58 nitrogen and oxygen atoms in total. The summed E-state index contributed by atoms with van der Waals surface area (Å²) >= 11 is 4.09. The van der Waals surface area contributed by atoms with Crippen LogP contribution in [0.4, 0.5) is 0 Å². The number of carbonyl (C=O) groups is 24. The number of aromatic hydroxyl groups is 1. The molecule has 1 aliphatic heterocycles. The van der Waals surface area contributed by atoms with Crippen molar-refractivity contribution in [2.24, 2.45) is 34.8 Å². The number of likely N-dealkylation sites (tertiary alicyclic amines) is 1. The molecule has 1 aromatic carbocycles. The minimum atomic E-state index is -2.12. The first-order valence-corrected chi connectivity index (χ1v) is 47.3. The summed E-state index contributed by atoms with van der Waals surface area (Å²) in [5.74, 6) is -29.6. The number of carboxylic acids is 2. The van der Waals surface area contributed by atoms with Crippen molar-refractivity contribution in [1.82, 2.24) is 106 Å². The van der Waals surface area contributed by atoms with Crippen LogP contribution < -0.4 is 124 Å². The van der Waals surface area contributed by atoms with Crippen molar-refractivity contribution in [2.45, 2.75) is 305 Å². The van der Waals surface area contributed by atoms with Crippen LogP contribution >= 0.6 is 12.6 Å². The van der Waals surface area contributed by atoms with Gasteiger partial charge in [0.1, 0.15) is 121 Å². The van der Waals surface area contributed by atoms with Gasteiger partial charge in [-0.05, 0) is 143 Å². The predicted molar refractivity (Wildman–Crippen MR) is 511 cm³/mol. The van der Waals surface area contributed by atoms with E-state index in [0.717, 1.165) is 53.4 Å². The molecule has 820 valence electrons. The highest BCUT2D eigenvalue weighted by molar-refractivity contribution is 7.80. The molecule has 2 rings (SSSR count). The lowest BCUT2D eigenvalue weighted by Crippen LogP contribution is -2.63. The number of benzene rings is 1. The van der Waals surface area contributed by atoms with Crippen LogP contribution in [0.5, 0.6) is 5.75 Å². The number of aliphatic hydroxyl groups is 7. The van der Waals surface area contributed by atoms with Crippen LogP contribution in [0, 0.1) is 11.8 Å². The number of amides is 22. The highest BCUT2D eigenvalue weighted by Gasteiger charge is 2.44. The number of carbonyl (C=O) groups excluding carboxylic acids is 22. The van der Waals surface area contributed by atoms with Crippen molar-refractivity contribution in [3.63, 3.8) is 0 Å². The molecule has 24 atom stereocenters. The molecule has 59 heteroatoms. The smallest absolute Gasteiger partial charge is 0.325 e. The second kappa shape index (κ2) is 63.5. The number of nitrogens with two attached hydrogens (primary N) is 4. The van der Waals surface area contributed by atoms with Gasteiger partial charge in [0, 0.05) is 31.6 Å². The zero-order chi connectivity index (χ0) is 111. The number of phenols is 1. The summed E-state index contributed by atoms with van der Waals surface area (Å²) < 4.78 is 0. The minimum Gasteiger partial charge on any atom is -0.508 e. The number of aliphatic carboxylic acids is 2. The molecule has 1 aromatic rings. The van der Waals surface area contributed by atoms with Crippen LogP contribution in [0.25, 0.3) is 0 Å². The zero-order valence-corrected chi connectivity index (χ0v) is 83.6. The van der Waals surface area contributed by atoms with E-state index in [4.69, 9.17) is 28.0 Å². The topological polar surface area (TPSA) is 948 Å². The fraction of sp³-hybridized carbons (Fsp3) is 0.655. The SMILES string of the molecule is CC(C)C[C@H](NC(=O)[C@H](C)NC(=O)[C@H](CO)NC(=O)[C@H](CCCCN)NC(=O)[C@H](CCC(N)=O)NC(=O)[C@H](CO)NC(=O)[C@@H](NC(=O)[C@H](CO)NC(=O)[C@H](CS)NC(=O)CNC(=O)[C@@H](NC(=O)[C@H](Cc1ccc(O)cc1)NC(=O)[C@@H](NC(=O)[C@@H](N)CCC(=O)O)[C@@H](C)O)C(C)C)[C@@H](C)O)C(=O)N[C@H](C(=O)N[C@H](C(=O)N[C@@H](C)C(=O)N[C@@H](C)C(=O)N1CCC[C@H]1C(=O)N[C@@H](CC(N)=O)C(=O)N[C@@H](C)C(=O)O)[C@@H](C)O)[C@@H](C)O. The van der Waals surface area contributed by atoms with Crippen LogP contribution in [0.2, 0.25) is 0 Å². The molecular weight excluding hydrogens is 1960 g/mol. The number of phenolic OH excluding ortho intramolecular Hbond substituents is 1. The average molecular weight is 2100 g/mol. The van der Waals surface area contributed by atoms with Gasteiger partial charge in [-0.25, -0.2) is 0 Å². The summed E-state index contributed by atoms with van der Waals surface area (Å²) in [5.41, 5.74) is 22.5. The van der Waals surface area contributed by atoms with Crippen LogP contribution in [0.3, 0.4) is 0 Å². The van der Waals surface area contributed by atoms with Gasteiger partial charge in [-0.2, -0.15) is 12.6 Å². The van der Waals surface area contributed by atoms with Gasteiger partial charge in [0.25, 0.3) is 0 Å². The Labute approximate surface area is 844 Å². The molecule has 146 heavy (non-hydrogen) atoms. The molecule has 0 unspecified atom stereocenters. The maximum absolute atomic E-state index is 14.2. The number of hydrogen-bond acceptors (Lipinski definition) is 35. The number of unbranched alkanes of at least 4 members (excludes halogenated alkanes) is 1. The Kier molecular flexibility index (Phi) is 55.9. The Hall–Kier alpha value is -13.7. The van der Waals surface area contributed by atoms with E-state index in [2.05, 4.69) is 108 Å². The maximum Gasteiger partial charge on any atom is 0.325 e. The second-order valence-corrected chi connectivity index (χ2v) is 36.0. The van der Waals surface area contributed by atoms with Gasteiger partial charge in [0.05, 0.1) is 63.2 Å². The summed E-state index contributed by atoms with van der Waals surface area (Å²) in [6.45, 7) is 10.4. The first-order chi connectivity index (χ1) is 68.2. The van der Waals surface area contributed by atoms with Crippen molar-refractivity contribution in [1.29, 1.82) is 0 Å². The molecule has 1 aliphatic rings. The Morgan fingerprint density at radius 2 is 0.781 bits per heavy atom. The Morgan fingerprint density at radius 3 is 1.24 bits per heavy atom. The minimum absolute atomic E-state index is 0.0220. The van der Waals surface area contributed by atoms with Gasteiger partial charge in [0.2, 0.25) is 130 Å². The third-order valence-electron chi connectivity index (χ3n) is 22.3. The summed E-state index contributed by atoms with van der Waals surface area (Å²) in [6, 6.07) is -28.8. The molecule has 1 fully saturated rings. The first-order valence-electron chi connectivity index (χ1n) is 46.6. The van der Waals surface area contributed by atoms with Crippen LogP contribution in [-0.4, -0.2) is 388 Å². The molecule has 0 radical (unpaired) electrons. The highest BCUT2D eigenvalue weighted by atomic mass is 32.1. The summed E-state index contributed by atoms with van der Waals surface area (Å²) in [4.78, 5) is 322. The second-order valence-electron chi connectivity index (χ2n) is 35.6. The Balaban J connectivity index is 2.24. The number of nitrogens with one attached hydrogen (secondary N) is 19. The molecule has 0 aromatic heterocycles. The van der Waals surface area contributed by atoms with E-state index in [-0.39, 0.29) is 70.2 Å². The Morgan fingerprint density at radius 1 is 0.397 bits per heavy atom. The lowest BCUT2D eigenvalue weighted by molar-refractivity contribution is -0.143. The van der Waals surface area contributed by atoms with Gasteiger partial charge in [-0.1, -0.05) is 39.8 Å². The van der Waals surface area contributed by atoms with Crippen molar-refractivity contribution in [2.75, 3.05) is 45.2 Å². The number of thiol groups is 1. The fourth-order valence-corrected chi connectivity index (χ4v) is 14.1. The fourth-order valence-electron chi connectivity index (χ4n) is 13.9. The number of primary amides is 2. The van der Waals surface area contributed by atoms with Crippen LogP contribution in [-0.2, 0) is 121 Å². The molecule has 1 saturated heterocycles. The van der Waals surface area contributed by atoms with Crippen molar-refractivity contribution < 1.29 is 166 Å². The van der Waals surface area contributed by atoms with E-state index < -0.39 is 357 Å². The van der Waals surface area contributed by atoms with Crippen LogP contribution in [0.15, 0.2) is 24.3 Å². The molecule has 0 spiro atoms. The molecule has 22 amide bonds. The van der Waals surface area contributed by atoms with Gasteiger partial charge < -0.3 is 180 Å². The number of nitrogens with zero attached hydrogens (tertiary/aromatic N) is 1. The third-order valence-corrected chi connectivity index (χ3v) is 22.7. The van der Waals surface area contributed by atoms with Gasteiger partial charge >= 0.3 is 11.9 Å². The number of aliphatic hydroxyl groups excluding tert-OH is 7. The summed E-state index contributed by atoms with van der Waals surface area (Å²) in [6.07, 6.45) is -10.2. The Bertz CT molecular complexity index is 4710. The maximum atomic E-state index is 14.2. The molecule has 0 saturated carbocycles. The average Bonchev–Trinajstić information content (AvgIpc) is 1.68. The quantitative estimate of drug-likeness (QED) is 0.0213. The van der Waals surface area contributed by atoms with E-state index in [1.54, 1.807) is 13.8 Å². The number of hydrogen-bond donors (Lipinski definition) is 34. The standard InChI is InChI=1S/C87H142N24O34S/c1-36(2)28-51(74(131)108-67(45(12)118)85(142)110-64(42(9)115)82(139)94-38(5)68(125)95-40(7)86(143)111-27-15-17-58(111)80(137)101-53(30-60(91)121)73(130)96-41(8)87(144)145)100-69(126)39(6)93-76(133)54(32-112)103-71(128)49(16-13-14-26-88)98-72(129)50(23-24-59(90)120)99-77(134)55(33-113)105-84(141)66(44(11)117)109-78(135)56(34-114)104-79(136)57(35-146)97-61(122)31-92-81(138)63(37(3)4)106-75(132)52(29-46-18-20-47(119)21-19-46)102-83(140)65(43(10)116)107-70(127)48(89)22-25-62(123)124/h18-21,36-45,48-58,63-67,112-119,146H,13-17,22-35,88-89H2,1-12H3,(H2,90,120)(H2,91,121)(H,92,138)(H,93,133)(H,94,139)(H,95,125)(H,96,130)(H,97,122)(H,98,129)(H,99,134)(H,100,126)(H,101,137)(H,102,140)(H,103,128)(H,104,136)(H,105,141)(H,106,132)(H,107,127)(H,108,131)(H,109,135)(H,110,142)(H,123,124)(H,144,145)/t38-,39-,40-,41-,42+,43+,44+,45+,48-,49-,50-,51-,52-,53-,54-,55-,56-,57-,58-,63-,64-,65-,66-,67-/m0/s1. The number of carboxylic acid groups (broad SMARTS) is 2. The third kappa shape index (κ3) is 44.1. The van der Waals surface area contributed by atoms with Gasteiger partial charge in [0.15, 0.2) is 0 Å². The first kappa shape index (κ1) is 128. The molecule has 37 N–H and O–H groups in total. The molecule has 0 aliphatic carbocycles. The van der Waals surface area contributed by atoms with E-state index >= 15 is 0 Å². The lowest BCUT2D eigenvalue weighted by Gasteiger charge is -2.30. The summed E-state index contributed by atoms with van der Waals surface area (Å²) in [5, 5.41) is 145. The monoisotopic (exact) mass is 2100 g/mol. The molecule has 0 bridgehead atoms. The van der Waals surface area contributed by atoms with Gasteiger partial charge in [-0.15, -0.1) is 0 Å². The highest BCUT2D eigenvalue weighted by Crippen LogP contribution is 2.21. The van der Waals surface area contributed by atoms with E-state index in [1.165, 1.54) is 45.0 Å². The van der Waals surface area contributed by atoms with E-state index in [9.17, 15) is 161 Å². The van der Waals surface area contributed by atoms with Crippen molar-refractivity contribution in [3.05, 3.63) is 29.8 Å². The van der Waals surface area contributed by atoms with Crippen molar-refractivity contribution >= 4 is 155 Å². The summed E-state index contributed by atoms with van der Waals surface area (Å²) in [7, 11) is 0. The van der Waals surface area contributed by atoms with Gasteiger partial charge in [-0.3, -0.25) is 115 Å². The van der Waals surface area contributed by atoms with Crippen molar-refractivity contribution in [3.8, 4) is 5.75 Å². The van der Waals surface area contributed by atoms with E-state index in [1.807, 2.05) is 5.32 Å². The predicted octanol–water partition coefficient (Wildman–Crippen LogP) is -15.5.